The molecule has 1 radical (unpaired) electrons. The van der Waals surface area contributed by atoms with Crippen molar-refractivity contribution in [3.63, 3.8) is 0 Å². The molecule has 2 N–H and O–H groups in total. The number of morpholine rings is 1. The second-order valence-corrected chi connectivity index (χ2v) is 6.89. The molecule has 93 valence electrons. The molecule has 0 bridgehead atoms. The molecule has 0 aliphatic carbocycles. The maximum atomic E-state index is 5.65. The van der Waals surface area contributed by atoms with E-state index >= 15 is 0 Å². The number of hydrogen-bond acceptors (Lipinski definition) is 3. The van der Waals surface area contributed by atoms with Gasteiger partial charge in [-0.25, -0.2) is 0 Å². The second kappa shape index (κ2) is 7.17. The van der Waals surface area contributed by atoms with Crippen LogP contribution >= 0.6 is 0 Å². The van der Waals surface area contributed by atoms with Gasteiger partial charge >= 0.3 is 110 Å². The molecule has 3 nitrogen and oxygen atoms in total. The van der Waals surface area contributed by atoms with Crippen molar-refractivity contribution in [1.29, 1.82) is 0 Å². The minimum atomic E-state index is 0.287. The first-order valence-corrected chi connectivity index (χ1v) is 8.41. The van der Waals surface area contributed by atoms with Gasteiger partial charge in [0, 0.05) is 0 Å². The molecule has 0 saturated carbocycles. The molecular weight excluding hydrogens is 275 g/mol. The Morgan fingerprint density at radius 1 is 1.29 bits per heavy atom. The molecular formula is C13H20AsN2O. The van der Waals surface area contributed by atoms with Crippen LogP contribution in [0.4, 0.5) is 0 Å². The molecule has 1 heterocycles. The first kappa shape index (κ1) is 13.1. The van der Waals surface area contributed by atoms with E-state index in [0.29, 0.717) is 6.54 Å². The molecule has 2 rings (SSSR count). The summed E-state index contributed by atoms with van der Waals surface area (Å²) in [6.07, 6.45) is 0. The summed E-state index contributed by atoms with van der Waals surface area (Å²) in [5, 5.41) is 1.31. The Bertz CT molecular complexity index is 340. The SMILES string of the molecule is NCc1cccc([As]CCN2CCOCC2)c1. The van der Waals surface area contributed by atoms with Gasteiger partial charge in [0.15, 0.2) is 0 Å². The van der Waals surface area contributed by atoms with Crippen molar-refractivity contribution in [2.45, 2.75) is 11.8 Å². The summed E-state index contributed by atoms with van der Waals surface area (Å²) in [4.78, 5) is 2.51. The molecule has 1 aliphatic rings. The summed E-state index contributed by atoms with van der Waals surface area (Å²) in [5.41, 5.74) is 6.91. The van der Waals surface area contributed by atoms with Crippen molar-refractivity contribution in [3.05, 3.63) is 29.8 Å². The molecule has 4 heteroatoms. The molecule has 1 aromatic rings. The van der Waals surface area contributed by atoms with Gasteiger partial charge in [0.1, 0.15) is 0 Å². The van der Waals surface area contributed by atoms with Crippen molar-refractivity contribution < 1.29 is 4.74 Å². The average molecular weight is 295 g/mol. The Morgan fingerprint density at radius 3 is 2.88 bits per heavy atom. The van der Waals surface area contributed by atoms with Gasteiger partial charge < -0.3 is 0 Å². The monoisotopic (exact) mass is 295 g/mol. The fourth-order valence-electron chi connectivity index (χ4n) is 1.93. The Balaban J connectivity index is 1.73. The van der Waals surface area contributed by atoms with E-state index in [4.69, 9.17) is 10.5 Å². The summed E-state index contributed by atoms with van der Waals surface area (Å²) in [5.74, 6) is 0. The van der Waals surface area contributed by atoms with E-state index in [1.54, 1.807) is 0 Å². The van der Waals surface area contributed by atoms with E-state index < -0.39 is 0 Å². The summed E-state index contributed by atoms with van der Waals surface area (Å²) in [6.45, 7) is 5.88. The molecule has 1 aromatic carbocycles. The predicted molar refractivity (Wildman–Crippen MR) is 71.8 cm³/mol. The molecule has 1 fully saturated rings. The van der Waals surface area contributed by atoms with E-state index in [-0.39, 0.29) is 15.8 Å². The van der Waals surface area contributed by atoms with E-state index in [1.807, 2.05) is 0 Å². The molecule has 0 atom stereocenters. The summed E-state index contributed by atoms with van der Waals surface area (Å²) in [6, 6.07) is 8.73. The molecule has 0 aromatic heterocycles. The number of hydrogen-bond donors (Lipinski definition) is 1. The van der Waals surface area contributed by atoms with Gasteiger partial charge in [-0.3, -0.25) is 0 Å². The summed E-state index contributed by atoms with van der Waals surface area (Å²) < 4.78 is 6.84. The average Bonchev–Trinajstić information content (AvgIpc) is 2.40. The van der Waals surface area contributed by atoms with Gasteiger partial charge in [0.05, 0.1) is 0 Å². The van der Waals surface area contributed by atoms with Crippen LogP contribution in [-0.2, 0) is 11.3 Å². The zero-order chi connectivity index (χ0) is 11.9. The molecule has 0 spiro atoms. The topological polar surface area (TPSA) is 38.5 Å². The number of rotatable bonds is 5. The van der Waals surface area contributed by atoms with Crippen LogP contribution in [0.25, 0.3) is 0 Å². The Hall–Kier alpha value is -0.342. The standard InChI is InChI=1S/C13H20AsN2O/c15-11-12-2-1-3-13(10-12)14-4-5-16-6-8-17-9-7-16/h1-3,10H,4-9,11,15H2. The quantitative estimate of drug-likeness (QED) is 0.790. The Morgan fingerprint density at radius 2 is 2.12 bits per heavy atom. The number of nitrogens with two attached hydrogens (primary N) is 1. The van der Waals surface area contributed by atoms with Gasteiger partial charge in [0.25, 0.3) is 0 Å². The third kappa shape index (κ3) is 4.44. The van der Waals surface area contributed by atoms with E-state index in [1.165, 1.54) is 21.7 Å². The van der Waals surface area contributed by atoms with Crippen LogP contribution in [-0.4, -0.2) is 53.5 Å². The van der Waals surface area contributed by atoms with Crippen LogP contribution in [0, 0.1) is 0 Å². The predicted octanol–water partition coefficient (Wildman–Crippen LogP) is 0.225. The number of benzene rings is 1. The second-order valence-electron chi connectivity index (χ2n) is 4.21. The summed E-state index contributed by atoms with van der Waals surface area (Å²) >= 11 is 0.287. The third-order valence-electron chi connectivity index (χ3n) is 2.96. The minimum absolute atomic E-state index is 0.287. The van der Waals surface area contributed by atoms with Gasteiger partial charge in [-0.05, 0) is 0 Å². The molecule has 1 aliphatic heterocycles. The normalized spacial score (nSPS) is 17.9. The Labute approximate surface area is 110 Å². The molecule has 17 heavy (non-hydrogen) atoms. The maximum absolute atomic E-state index is 5.65. The van der Waals surface area contributed by atoms with Gasteiger partial charge in [0.2, 0.25) is 0 Å². The van der Waals surface area contributed by atoms with Crippen molar-refractivity contribution in [3.8, 4) is 0 Å². The van der Waals surface area contributed by atoms with Crippen molar-refractivity contribution >= 4 is 20.1 Å². The first-order valence-electron chi connectivity index (χ1n) is 6.15. The van der Waals surface area contributed by atoms with Crippen LogP contribution in [0.15, 0.2) is 24.3 Å². The van der Waals surface area contributed by atoms with E-state index in [0.717, 1.165) is 26.3 Å². The van der Waals surface area contributed by atoms with Crippen molar-refractivity contribution in [1.82, 2.24) is 4.90 Å². The third-order valence-corrected chi connectivity index (χ3v) is 5.20. The van der Waals surface area contributed by atoms with Crippen LogP contribution in [0.5, 0.6) is 0 Å². The molecule has 0 amide bonds. The van der Waals surface area contributed by atoms with E-state index in [2.05, 4.69) is 29.2 Å². The first-order chi connectivity index (χ1) is 8.38. The summed E-state index contributed by atoms with van der Waals surface area (Å²) in [7, 11) is 0. The number of nitrogens with zero attached hydrogens (tertiary/aromatic N) is 1. The molecule has 0 unspecified atom stereocenters. The van der Waals surface area contributed by atoms with Gasteiger partial charge in [-0.2, -0.15) is 0 Å². The molecule has 1 saturated heterocycles. The van der Waals surface area contributed by atoms with Gasteiger partial charge in [-0.1, -0.05) is 0 Å². The zero-order valence-corrected chi connectivity index (χ0v) is 12.0. The van der Waals surface area contributed by atoms with Crippen LogP contribution in [0.1, 0.15) is 5.56 Å². The van der Waals surface area contributed by atoms with E-state index in [9.17, 15) is 0 Å². The van der Waals surface area contributed by atoms with Crippen molar-refractivity contribution in [2.75, 3.05) is 32.8 Å². The van der Waals surface area contributed by atoms with Gasteiger partial charge in [-0.15, -0.1) is 0 Å². The fraction of sp³-hybridized carbons (Fsp3) is 0.538. The van der Waals surface area contributed by atoms with Crippen LogP contribution < -0.4 is 10.1 Å². The van der Waals surface area contributed by atoms with Crippen LogP contribution in [0.3, 0.4) is 0 Å². The Kier molecular flexibility index (Phi) is 5.53. The number of ether oxygens (including phenoxy) is 1. The zero-order valence-electron chi connectivity index (χ0n) is 10.1. The van der Waals surface area contributed by atoms with Crippen molar-refractivity contribution in [2.24, 2.45) is 5.73 Å². The van der Waals surface area contributed by atoms with Crippen LogP contribution in [0.2, 0.25) is 5.21 Å². The fourth-order valence-corrected chi connectivity index (χ4v) is 4.21.